The van der Waals surface area contributed by atoms with Crippen LogP contribution >= 0.6 is 0 Å². The predicted octanol–water partition coefficient (Wildman–Crippen LogP) is 21.7. The van der Waals surface area contributed by atoms with E-state index in [4.69, 9.17) is 14.2 Å². The maximum absolute atomic E-state index is 12.9. The number of hydrogen-bond donors (Lipinski definition) is 0. The van der Waals surface area contributed by atoms with Crippen LogP contribution < -0.4 is 0 Å². The van der Waals surface area contributed by atoms with Crippen molar-refractivity contribution in [1.29, 1.82) is 0 Å². The van der Waals surface area contributed by atoms with E-state index in [9.17, 15) is 14.4 Å². The van der Waals surface area contributed by atoms with Gasteiger partial charge in [0.25, 0.3) is 0 Å². The van der Waals surface area contributed by atoms with Gasteiger partial charge in [0.15, 0.2) is 6.10 Å². The third-order valence-electron chi connectivity index (χ3n) is 13.9. The molecule has 1 atom stereocenters. The summed E-state index contributed by atoms with van der Waals surface area (Å²) in [7, 11) is 0. The monoisotopic (exact) mass is 1030 g/mol. The number of esters is 3. The number of rotatable bonds is 58. The minimum absolute atomic E-state index is 0.0846. The summed E-state index contributed by atoms with van der Waals surface area (Å²) in [6.45, 7) is 6.62. The van der Waals surface area contributed by atoms with E-state index in [1.165, 1.54) is 186 Å². The number of hydrogen-bond acceptors (Lipinski definition) is 6. The zero-order valence-electron chi connectivity index (χ0n) is 49.1. The molecule has 428 valence electrons. The Balaban J connectivity index is 4.38. The number of unbranched alkanes of at least 4 members (excludes halogenated alkanes) is 35. The molecular formula is C68H120O6. The molecule has 0 aromatic carbocycles. The molecule has 0 amide bonds. The molecule has 0 spiro atoms. The van der Waals surface area contributed by atoms with Gasteiger partial charge in [-0.15, -0.1) is 0 Å². The van der Waals surface area contributed by atoms with Crippen molar-refractivity contribution in [3.05, 3.63) is 72.9 Å². The summed E-state index contributed by atoms with van der Waals surface area (Å²) in [6.07, 6.45) is 80.4. The lowest BCUT2D eigenvalue weighted by molar-refractivity contribution is -0.167. The molecule has 0 aromatic heterocycles. The van der Waals surface area contributed by atoms with Crippen LogP contribution in [0.15, 0.2) is 72.9 Å². The molecule has 0 aliphatic rings. The quantitative estimate of drug-likeness (QED) is 0.0261. The summed E-state index contributed by atoms with van der Waals surface area (Å²) in [6, 6.07) is 0. The second-order valence-electron chi connectivity index (χ2n) is 21.3. The average Bonchev–Trinajstić information content (AvgIpc) is 3.40. The Kier molecular flexibility index (Phi) is 59.7. The Morgan fingerprint density at radius 3 is 0.784 bits per heavy atom. The van der Waals surface area contributed by atoms with Crippen molar-refractivity contribution in [2.24, 2.45) is 0 Å². The summed E-state index contributed by atoms with van der Waals surface area (Å²) in [5, 5.41) is 0. The molecule has 0 aliphatic carbocycles. The van der Waals surface area contributed by atoms with Gasteiger partial charge in [0, 0.05) is 19.3 Å². The molecule has 1 unspecified atom stereocenters. The van der Waals surface area contributed by atoms with E-state index in [1.54, 1.807) is 0 Å². The summed E-state index contributed by atoms with van der Waals surface area (Å²) in [4.78, 5) is 38.3. The van der Waals surface area contributed by atoms with Crippen molar-refractivity contribution in [2.45, 2.75) is 329 Å². The minimum Gasteiger partial charge on any atom is -0.462 e. The van der Waals surface area contributed by atoms with E-state index in [0.29, 0.717) is 19.3 Å². The van der Waals surface area contributed by atoms with E-state index in [-0.39, 0.29) is 31.1 Å². The third-order valence-corrected chi connectivity index (χ3v) is 13.9. The number of allylic oxidation sites excluding steroid dienone is 12. The Morgan fingerprint density at radius 2 is 0.486 bits per heavy atom. The van der Waals surface area contributed by atoms with Crippen LogP contribution in [0.2, 0.25) is 0 Å². The molecule has 0 heterocycles. The lowest BCUT2D eigenvalue weighted by Gasteiger charge is -2.18. The summed E-state index contributed by atoms with van der Waals surface area (Å²) < 4.78 is 16.9. The second kappa shape index (κ2) is 62.4. The Hall–Kier alpha value is -3.15. The van der Waals surface area contributed by atoms with E-state index in [1.807, 2.05) is 0 Å². The highest BCUT2D eigenvalue weighted by molar-refractivity contribution is 5.71. The summed E-state index contributed by atoms with van der Waals surface area (Å²) in [5.41, 5.74) is 0. The van der Waals surface area contributed by atoms with Gasteiger partial charge >= 0.3 is 17.9 Å². The number of ether oxygens (including phenoxy) is 3. The maximum atomic E-state index is 12.9. The first-order valence-corrected chi connectivity index (χ1v) is 31.9. The van der Waals surface area contributed by atoms with Crippen molar-refractivity contribution in [1.82, 2.24) is 0 Å². The summed E-state index contributed by atoms with van der Waals surface area (Å²) >= 11 is 0. The van der Waals surface area contributed by atoms with Gasteiger partial charge in [-0.3, -0.25) is 14.4 Å². The molecule has 0 aromatic rings. The molecule has 0 fully saturated rings. The van der Waals surface area contributed by atoms with E-state index < -0.39 is 6.10 Å². The Morgan fingerprint density at radius 1 is 0.270 bits per heavy atom. The van der Waals surface area contributed by atoms with E-state index >= 15 is 0 Å². The molecule has 0 aliphatic heterocycles. The first kappa shape index (κ1) is 70.8. The second-order valence-corrected chi connectivity index (χ2v) is 21.3. The highest BCUT2D eigenvalue weighted by atomic mass is 16.6. The Labute approximate surface area is 459 Å². The molecule has 0 radical (unpaired) electrons. The van der Waals surface area contributed by atoms with Crippen molar-refractivity contribution < 1.29 is 28.6 Å². The zero-order valence-corrected chi connectivity index (χ0v) is 49.1. The summed E-state index contributed by atoms with van der Waals surface area (Å²) in [5.74, 6) is -0.896. The van der Waals surface area contributed by atoms with Crippen molar-refractivity contribution in [3.8, 4) is 0 Å². The fourth-order valence-electron chi connectivity index (χ4n) is 9.06. The first-order chi connectivity index (χ1) is 36.5. The van der Waals surface area contributed by atoms with Crippen LogP contribution in [0.5, 0.6) is 0 Å². The van der Waals surface area contributed by atoms with Gasteiger partial charge in [0.1, 0.15) is 13.2 Å². The highest BCUT2D eigenvalue weighted by Crippen LogP contribution is 2.16. The standard InChI is InChI=1S/C68H120O6/c1-4-7-10-13-16-19-22-25-28-31-32-33-34-35-36-38-40-43-46-49-52-55-58-61-67(70)73-64-65(63-72-66(69)60-57-54-51-48-45-42-39-30-27-24-21-18-15-12-9-6-3)74-68(71)62-59-56-53-50-47-44-41-37-29-26-23-20-17-14-11-8-5-2/h21-22,24-26,29-32,34-35,39,65H,4-20,23,27-28,33,36-38,40-64H2,1-3H3/b24-21-,25-22-,29-26-,32-31-,35-34-,39-30-. The van der Waals surface area contributed by atoms with Crippen molar-refractivity contribution >= 4 is 17.9 Å². The van der Waals surface area contributed by atoms with Gasteiger partial charge in [-0.1, -0.05) is 261 Å². The number of carbonyl (C=O) groups is 3. The Bertz CT molecular complexity index is 1370. The van der Waals surface area contributed by atoms with Crippen molar-refractivity contribution in [2.75, 3.05) is 13.2 Å². The van der Waals surface area contributed by atoms with Crippen LogP contribution in [0.25, 0.3) is 0 Å². The molecule has 6 heteroatoms. The minimum atomic E-state index is -0.788. The van der Waals surface area contributed by atoms with Gasteiger partial charge in [0.2, 0.25) is 0 Å². The van der Waals surface area contributed by atoms with Crippen LogP contribution in [-0.4, -0.2) is 37.2 Å². The lowest BCUT2D eigenvalue weighted by Crippen LogP contribution is -2.30. The fraction of sp³-hybridized carbons (Fsp3) is 0.779. The molecule has 0 bridgehead atoms. The van der Waals surface area contributed by atoms with Crippen LogP contribution in [0.4, 0.5) is 0 Å². The largest absolute Gasteiger partial charge is 0.462 e. The molecule has 6 nitrogen and oxygen atoms in total. The van der Waals surface area contributed by atoms with E-state index in [0.717, 1.165) is 96.3 Å². The molecular weight excluding hydrogens is 913 g/mol. The highest BCUT2D eigenvalue weighted by Gasteiger charge is 2.19. The SMILES string of the molecule is CCCCCC/C=C\C/C=C\CCCCCCCC(=O)OCC(COC(=O)CCCCCCCCCC/C=C\C/C=C\C/C=C\CCCCCCC)OC(=O)CCCCCCCCC/C=C\CCCCCCCC. The van der Waals surface area contributed by atoms with Crippen LogP contribution in [0.3, 0.4) is 0 Å². The maximum Gasteiger partial charge on any atom is 0.306 e. The molecule has 0 saturated heterocycles. The van der Waals surface area contributed by atoms with Crippen LogP contribution in [0.1, 0.15) is 323 Å². The molecule has 74 heavy (non-hydrogen) atoms. The average molecular weight is 1030 g/mol. The third kappa shape index (κ3) is 59.7. The van der Waals surface area contributed by atoms with Gasteiger partial charge in [0.05, 0.1) is 0 Å². The van der Waals surface area contributed by atoms with Gasteiger partial charge in [-0.25, -0.2) is 0 Å². The smallest absolute Gasteiger partial charge is 0.306 e. The normalized spacial score (nSPS) is 12.5. The fourth-order valence-corrected chi connectivity index (χ4v) is 9.06. The van der Waals surface area contributed by atoms with Gasteiger partial charge in [-0.2, -0.15) is 0 Å². The van der Waals surface area contributed by atoms with Gasteiger partial charge in [-0.05, 0) is 116 Å². The first-order valence-electron chi connectivity index (χ1n) is 31.9. The van der Waals surface area contributed by atoms with Crippen LogP contribution in [-0.2, 0) is 28.6 Å². The van der Waals surface area contributed by atoms with Crippen LogP contribution in [0, 0.1) is 0 Å². The zero-order chi connectivity index (χ0) is 53.6. The molecule has 0 rings (SSSR count). The molecule has 0 N–H and O–H groups in total. The van der Waals surface area contributed by atoms with Crippen molar-refractivity contribution in [3.63, 3.8) is 0 Å². The van der Waals surface area contributed by atoms with Gasteiger partial charge < -0.3 is 14.2 Å². The number of carbonyl (C=O) groups excluding carboxylic acids is 3. The predicted molar refractivity (Wildman–Crippen MR) is 321 cm³/mol. The topological polar surface area (TPSA) is 78.9 Å². The molecule has 0 saturated carbocycles. The lowest BCUT2D eigenvalue weighted by atomic mass is 10.1. The van der Waals surface area contributed by atoms with E-state index in [2.05, 4.69) is 93.7 Å².